The lowest BCUT2D eigenvalue weighted by atomic mass is 10.2. The summed E-state index contributed by atoms with van der Waals surface area (Å²) in [7, 11) is 0. The Balaban J connectivity index is 2.67. The summed E-state index contributed by atoms with van der Waals surface area (Å²) in [5.74, 6) is -0.237. The van der Waals surface area contributed by atoms with Gasteiger partial charge in [-0.15, -0.1) is 0 Å². The topological polar surface area (TPSA) is 37.4 Å². The summed E-state index contributed by atoms with van der Waals surface area (Å²) in [6.07, 6.45) is 0.551. The largest absolute Gasteiger partial charge is 0.281 e. The number of carbonyl (C=O) groups is 2. The first-order chi connectivity index (χ1) is 6.24. The summed E-state index contributed by atoms with van der Waals surface area (Å²) >= 11 is 0. The standard InChI is InChI=1S/C10H11NO2/c1-9(13)11(8-12)7-10-5-3-2-4-6-10/h2-6,8H,7H2,1H3. The number of carbonyl (C=O) groups excluding carboxylic acids is 2. The van der Waals surface area contributed by atoms with Gasteiger partial charge in [-0.05, 0) is 5.56 Å². The van der Waals surface area contributed by atoms with E-state index in [1.807, 2.05) is 30.3 Å². The van der Waals surface area contributed by atoms with Crippen LogP contribution in [0.15, 0.2) is 30.3 Å². The molecule has 0 bridgehead atoms. The zero-order valence-corrected chi connectivity index (χ0v) is 7.43. The SMILES string of the molecule is CC(=O)N(C=O)Cc1ccccc1. The van der Waals surface area contributed by atoms with E-state index >= 15 is 0 Å². The summed E-state index contributed by atoms with van der Waals surface area (Å²) in [6, 6.07) is 9.39. The van der Waals surface area contributed by atoms with Gasteiger partial charge in [0.1, 0.15) is 0 Å². The fraction of sp³-hybridized carbons (Fsp3) is 0.200. The molecule has 0 unspecified atom stereocenters. The van der Waals surface area contributed by atoms with Crippen LogP contribution in [0.2, 0.25) is 0 Å². The Bertz CT molecular complexity index is 295. The van der Waals surface area contributed by atoms with Crippen LogP contribution in [0.1, 0.15) is 12.5 Å². The van der Waals surface area contributed by atoms with E-state index in [4.69, 9.17) is 0 Å². The van der Waals surface area contributed by atoms with Crippen LogP contribution in [0, 0.1) is 0 Å². The zero-order chi connectivity index (χ0) is 9.68. The number of benzene rings is 1. The van der Waals surface area contributed by atoms with Gasteiger partial charge in [0.2, 0.25) is 12.3 Å². The van der Waals surface area contributed by atoms with E-state index < -0.39 is 0 Å². The molecule has 0 spiro atoms. The van der Waals surface area contributed by atoms with Crippen LogP contribution in [0.3, 0.4) is 0 Å². The maximum Gasteiger partial charge on any atom is 0.226 e. The van der Waals surface area contributed by atoms with Gasteiger partial charge in [0.15, 0.2) is 0 Å². The summed E-state index contributed by atoms with van der Waals surface area (Å²) in [5, 5.41) is 0. The molecule has 0 N–H and O–H groups in total. The third kappa shape index (κ3) is 2.71. The van der Waals surface area contributed by atoms with Crippen LogP contribution in [-0.4, -0.2) is 17.2 Å². The molecule has 0 aliphatic heterocycles. The van der Waals surface area contributed by atoms with Gasteiger partial charge in [0, 0.05) is 6.92 Å². The Morgan fingerprint density at radius 3 is 2.46 bits per heavy atom. The van der Waals surface area contributed by atoms with E-state index in [0.29, 0.717) is 13.0 Å². The van der Waals surface area contributed by atoms with Gasteiger partial charge in [-0.3, -0.25) is 14.5 Å². The lowest BCUT2D eigenvalue weighted by Gasteiger charge is -2.12. The van der Waals surface area contributed by atoms with Gasteiger partial charge in [0.25, 0.3) is 0 Å². The zero-order valence-electron chi connectivity index (χ0n) is 7.43. The van der Waals surface area contributed by atoms with Crippen molar-refractivity contribution >= 4 is 12.3 Å². The van der Waals surface area contributed by atoms with Gasteiger partial charge < -0.3 is 0 Å². The van der Waals surface area contributed by atoms with Crippen LogP contribution in [0.5, 0.6) is 0 Å². The number of nitrogens with zero attached hydrogens (tertiary/aromatic N) is 1. The van der Waals surface area contributed by atoms with E-state index in [0.717, 1.165) is 10.5 Å². The summed E-state index contributed by atoms with van der Waals surface area (Å²) in [5.41, 5.74) is 0.949. The predicted octanol–water partition coefficient (Wildman–Crippen LogP) is 1.19. The summed E-state index contributed by atoms with van der Waals surface area (Å²) in [6.45, 7) is 1.72. The fourth-order valence-corrected chi connectivity index (χ4v) is 1.00. The molecule has 1 rings (SSSR count). The first kappa shape index (κ1) is 9.45. The van der Waals surface area contributed by atoms with Crippen molar-refractivity contribution in [3.8, 4) is 0 Å². The minimum atomic E-state index is -0.237. The van der Waals surface area contributed by atoms with Gasteiger partial charge in [-0.25, -0.2) is 0 Å². The normalized spacial score (nSPS) is 9.31. The molecule has 3 heteroatoms. The van der Waals surface area contributed by atoms with Crippen LogP contribution >= 0.6 is 0 Å². The maximum atomic E-state index is 10.9. The molecule has 0 saturated carbocycles. The maximum absolute atomic E-state index is 10.9. The van der Waals surface area contributed by atoms with E-state index in [9.17, 15) is 9.59 Å². The lowest BCUT2D eigenvalue weighted by Crippen LogP contribution is -2.26. The fourth-order valence-electron chi connectivity index (χ4n) is 1.00. The first-order valence-electron chi connectivity index (χ1n) is 4.00. The van der Waals surface area contributed by atoms with Crippen molar-refractivity contribution in [2.24, 2.45) is 0 Å². The molecule has 0 aromatic heterocycles. The molecule has 2 amide bonds. The average Bonchev–Trinajstić information content (AvgIpc) is 2.15. The van der Waals surface area contributed by atoms with Crippen molar-refractivity contribution in [3.63, 3.8) is 0 Å². The number of hydrogen-bond acceptors (Lipinski definition) is 2. The van der Waals surface area contributed by atoms with Gasteiger partial charge >= 0.3 is 0 Å². The van der Waals surface area contributed by atoms with Crippen LogP contribution in [-0.2, 0) is 16.1 Å². The van der Waals surface area contributed by atoms with Crippen LogP contribution in [0.4, 0.5) is 0 Å². The van der Waals surface area contributed by atoms with Crippen LogP contribution in [0.25, 0.3) is 0 Å². The Hall–Kier alpha value is -1.64. The highest BCUT2D eigenvalue weighted by atomic mass is 16.2. The van der Waals surface area contributed by atoms with Gasteiger partial charge in [-0.1, -0.05) is 30.3 Å². The van der Waals surface area contributed by atoms with Crippen molar-refractivity contribution in [1.29, 1.82) is 0 Å². The van der Waals surface area contributed by atoms with Crippen molar-refractivity contribution in [2.45, 2.75) is 13.5 Å². The molecule has 0 aliphatic carbocycles. The molecule has 3 nitrogen and oxygen atoms in total. The average molecular weight is 177 g/mol. The second kappa shape index (κ2) is 4.40. The first-order valence-corrected chi connectivity index (χ1v) is 4.00. The molecule has 13 heavy (non-hydrogen) atoms. The molecule has 0 saturated heterocycles. The minimum absolute atomic E-state index is 0.237. The van der Waals surface area contributed by atoms with Crippen molar-refractivity contribution in [3.05, 3.63) is 35.9 Å². The predicted molar refractivity (Wildman–Crippen MR) is 48.7 cm³/mol. The van der Waals surface area contributed by atoms with E-state index in [1.165, 1.54) is 6.92 Å². The molecule has 1 aromatic rings. The van der Waals surface area contributed by atoms with E-state index in [2.05, 4.69) is 0 Å². The monoisotopic (exact) mass is 177 g/mol. The number of hydrogen-bond donors (Lipinski definition) is 0. The Morgan fingerprint density at radius 1 is 1.38 bits per heavy atom. The second-order valence-corrected chi connectivity index (χ2v) is 2.74. The molecule has 0 radical (unpaired) electrons. The summed E-state index contributed by atoms with van der Waals surface area (Å²) in [4.78, 5) is 22.5. The van der Waals surface area contributed by atoms with Crippen molar-refractivity contribution in [2.75, 3.05) is 0 Å². The minimum Gasteiger partial charge on any atom is -0.281 e. The second-order valence-electron chi connectivity index (χ2n) is 2.74. The molecular weight excluding hydrogens is 166 g/mol. The third-order valence-corrected chi connectivity index (χ3v) is 1.73. The molecule has 0 fully saturated rings. The summed E-state index contributed by atoms with van der Waals surface area (Å²) < 4.78 is 0. The molecule has 0 atom stereocenters. The Kier molecular flexibility index (Phi) is 3.20. The lowest BCUT2D eigenvalue weighted by molar-refractivity contribution is -0.137. The quantitative estimate of drug-likeness (QED) is 0.650. The van der Waals surface area contributed by atoms with Gasteiger partial charge in [-0.2, -0.15) is 0 Å². The Morgan fingerprint density at radius 2 is 2.00 bits per heavy atom. The van der Waals surface area contributed by atoms with E-state index in [1.54, 1.807) is 0 Å². The van der Waals surface area contributed by atoms with Crippen molar-refractivity contribution < 1.29 is 9.59 Å². The molecular formula is C10H11NO2. The molecule has 68 valence electrons. The molecule has 1 aromatic carbocycles. The highest BCUT2D eigenvalue weighted by Gasteiger charge is 2.06. The molecule has 0 heterocycles. The number of rotatable bonds is 3. The smallest absolute Gasteiger partial charge is 0.226 e. The number of amides is 2. The van der Waals surface area contributed by atoms with E-state index in [-0.39, 0.29) is 5.91 Å². The third-order valence-electron chi connectivity index (χ3n) is 1.73. The van der Waals surface area contributed by atoms with Crippen LogP contribution < -0.4 is 0 Å². The van der Waals surface area contributed by atoms with Gasteiger partial charge in [0.05, 0.1) is 6.54 Å². The highest BCUT2D eigenvalue weighted by Crippen LogP contribution is 2.02. The highest BCUT2D eigenvalue weighted by molar-refractivity contribution is 5.83. The Labute approximate surface area is 77.0 Å². The van der Waals surface area contributed by atoms with Crippen molar-refractivity contribution in [1.82, 2.24) is 4.90 Å². The number of imide groups is 1. The molecule has 0 aliphatic rings.